The van der Waals surface area contributed by atoms with Crippen molar-refractivity contribution in [2.24, 2.45) is 0 Å². The van der Waals surface area contributed by atoms with Crippen LogP contribution in [0.2, 0.25) is 10.0 Å². The first-order chi connectivity index (χ1) is 15.6. The maximum Gasteiger partial charge on any atom is 0.234 e. The van der Waals surface area contributed by atoms with E-state index in [9.17, 15) is 8.42 Å². The van der Waals surface area contributed by atoms with Crippen LogP contribution in [0.3, 0.4) is 0 Å². The monoisotopic (exact) mass is 509 g/mol. The summed E-state index contributed by atoms with van der Waals surface area (Å²) in [4.78, 5) is 11.6. The molecular formula is C22H27Cl2N6O2S+. The van der Waals surface area contributed by atoms with E-state index in [1.165, 1.54) is 0 Å². The Bertz CT molecular complexity index is 1240. The molecule has 0 saturated carbocycles. The molecule has 8 nitrogen and oxygen atoms in total. The van der Waals surface area contributed by atoms with Crippen molar-refractivity contribution in [1.29, 1.82) is 0 Å². The van der Waals surface area contributed by atoms with Crippen molar-refractivity contribution in [1.82, 2.24) is 9.97 Å². The lowest BCUT2D eigenvalue weighted by molar-refractivity contribution is -0.890. The number of aromatic nitrogens is 2. The van der Waals surface area contributed by atoms with Crippen molar-refractivity contribution in [2.45, 2.75) is 0 Å². The molecule has 0 amide bonds. The van der Waals surface area contributed by atoms with Crippen molar-refractivity contribution in [3.8, 4) is 0 Å². The van der Waals surface area contributed by atoms with Gasteiger partial charge in [0.2, 0.25) is 16.0 Å². The van der Waals surface area contributed by atoms with Gasteiger partial charge in [-0.3, -0.25) is 4.72 Å². The molecule has 0 unspecified atom stereocenters. The molecular weight excluding hydrogens is 483 g/mol. The minimum Gasteiger partial charge on any atom is -0.368 e. The SMILES string of the molecule is C[N+]1(C)CCN(c2nc(NCCS(=O)(=O)Nc3ccccc3)c3cc(Cl)cc(Cl)c3n2)CC1. The molecule has 0 bridgehead atoms. The smallest absolute Gasteiger partial charge is 0.234 e. The van der Waals surface area contributed by atoms with E-state index in [0.717, 1.165) is 30.7 Å². The second-order valence-corrected chi connectivity index (χ2v) is 11.4. The van der Waals surface area contributed by atoms with Gasteiger partial charge in [-0.15, -0.1) is 0 Å². The number of fused-ring (bicyclic) bond motifs is 1. The Morgan fingerprint density at radius 2 is 1.76 bits per heavy atom. The largest absolute Gasteiger partial charge is 0.368 e. The van der Waals surface area contributed by atoms with Gasteiger partial charge in [-0.25, -0.2) is 13.4 Å². The average molecular weight is 510 g/mol. The molecule has 0 atom stereocenters. The van der Waals surface area contributed by atoms with Gasteiger partial charge < -0.3 is 14.7 Å². The molecule has 1 aromatic heterocycles. The molecule has 176 valence electrons. The number of nitrogens with zero attached hydrogens (tertiary/aromatic N) is 4. The minimum atomic E-state index is -3.54. The number of quaternary nitrogens is 1. The van der Waals surface area contributed by atoms with Gasteiger partial charge in [-0.1, -0.05) is 41.4 Å². The van der Waals surface area contributed by atoms with E-state index >= 15 is 0 Å². The molecule has 1 aliphatic rings. The van der Waals surface area contributed by atoms with Gasteiger partial charge in [0, 0.05) is 22.6 Å². The Morgan fingerprint density at radius 3 is 2.45 bits per heavy atom. The quantitative estimate of drug-likeness (QED) is 0.472. The fourth-order valence-corrected chi connectivity index (χ4v) is 5.17. The summed E-state index contributed by atoms with van der Waals surface area (Å²) in [5, 5.41) is 4.70. The first kappa shape index (κ1) is 23.8. The molecule has 3 aromatic rings. The van der Waals surface area contributed by atoms with Crippen LogP contribution in [0, 0.1) is 0 Å². The van der Waals surface area contributed by atoms with Crippen LogP contribution in [0.25, 0.3) is 10.9 Å². The highest BCUT2D eigenvalue weighted by Crippen LogP contribution is 2.32. The average Bonchev–Trinajstić information content (AvgIpc) is 2.74. The highest BCUT2D eigenvalue weighted by atomic mass is 35.5. The van der Waals surface area contributed by atoms with Gasteiger partial charge >= 0.3 is 0 Å². The van der Waals surface area contributed by atoms with Gasteiger partial charge in [-0.05, 0) is 24.3 Å². The molecule has 0 spiro atoms. The van der Waals surface area contributed by atoms with E-state index in [2.05, 4.69) is 29.0 Å². The summed E-state index contributed by atoms with van der Waals surface area (Å²) in [6.07, 6.45) is 0. The molecule has 2 N–H and O–H groups in total. The summed E-state index contributed by atoms with van der Waals surface area (Å²) in [6, 6.07) is 12.2. The first-order valence-corrected chi connectivity index (χ1v) is 13.1. The van der Waals surface area contributed by atoms with E-state index in [4.69, 9.17) is 33.2 Å². The van der Waals surface area contributed by atoms with Gasteiger partial charge in [0.25, 0.3) is 0 Å². The molecule has 2 aromatic carbocycles. The molecule has 0 aliphatic carbocycles. The van der Waals surface area contributed by atoms with Crippen molar-refractivity contribution in [2.75, 3.05) is 67.5 Å². The fraction of sp³-hybridized carbons (Fsp3) is 0.364. The zero-order valence-electron chi connectivity index (χ0n) is 18.6. The van der Waals surface area contributed by atoms with E-state index < -0.39 is 10.0 Å². The predicted octanol–water partition coefficient (Wildman–Crippen LogP) is 3.69. The van der Waals surface area contributed by atoms with Crippen LogP contribution in [0.5, 0.6) is 0 Å². The van der Waals surface area contributed by atoms with Crippen LogP contribution in [-0.4, -0.2) is 75.4 Å². The van der Waals surface area contributed by atoms with E-state index in [0.29, 0.717) is 38.4 Å². The summed E-state index contributed by atoms with van der Waals surface area (Å²) in [5.74, 6) is 0.944. The van der Waals surface area contributed by atoms with Crippen LogP contribution in [0.15, 0.2) is 42.5 Å². The van der Waals surface area contributed by atoms with Gasteiger partial charge in [0.05, 0.1) is 56.6 Å². The van der Waals surface area contributed by atoms with E-state index in [1.54, 1.807) is 36.4 Å². The van der Waals surface area contributed by atoms with Gasteiger partial charge in [-0.2, -0.15) is 4.98 Å². The number of nitrogens with one attached hydrogen (secondary N) is 2. The molecule has 11 heteroatoms. The summed E-state index contributed by atoms with van der Waals surface area (Å²) >= 11 is 12.7. The third-order valence-corrected chi connectivity index (χ3v) is 7.45. The number of piperazine rings is 1. The Kier molecular flexibility index (Phi) is 6.86. The Labute approximate surface area is 204 Å². The van der Waals surface area contributed by atoms with Crippen molar-refractivity contribution in [3.05, 3.63) is 52.5 Å². The number of likely N-dealkylation sites (N-methyl/N-ethyl adjacent to an activating group) is 1. The normalized spacial score (nSPS) is 16.1. The lowest BCUT2D eigenvalue weighted by atomic mass is 10.2. The van der Waals surface area contributed by atoms with Crippen LogP contribution >= 0.6 is 23.2 Å². The molecule has 1 saturated heterocycles. The van der Waals surface area contributed by atoms with Crippen LogP contribution < -0.4 is 14.9 Å². The van der Waals surface area contributed by atoms with Gasteiger partial charge in [0.15, 0.2) is 0 Å². The number of para-hydroxylation sites is 1. The molecule has 0 radical (unpaired) electrons. The fourth-order valence-electron chi connectivity index (χ4n) is 3.67. The summed E-state index contributed by atoms with van der Waals surface area (Å²) in [6.45, 7) is 3.74. The maximum absolute atomic E-state index is 12.5. The third kappa shape index (κ3) is 5.97. The molecule has 4 rings (SSSR count). The lowest BCUT2D eigenvalue weighted by Gasteiger charge is -2.39. The lowest BCUT2D eigenvalue weighted by Crippen LogP contribution is -2.55. The third-order valence-electron chi connectivity index (χ3n) is 5.65. The first-order valence-electron chi connectivity index (χ1n) is 10.7. The number of sulfonamides is 1. The standard InChI is InChI=1S/C22H27Cl2N6O2S/c1-30(2)11-9-29(10-12-30)22-26-20-18(14-16(23)15-19(20)24)21(27-22)25-8-13-33(31,32)28-17-6-4-3-5-7-17/h3-7,14-15,28H,8-13H2,1-2H3,(H,25,26,27)/q+1. The Hall–Kier alpha value is -2.33. The summed E-state index contributed by atoms with van der Waals surface area (Å²) in [5.41, 5.74) is 1.11. The highest BCUT2D eigenvalue weighted by molar-refractivity contribution is 7.92. The minimum absolute atomic E-state index is 0.133. The topological polar surface area (TPSA) is 87.2 Å². The van der Waals surface area contributed by atoms with Crippen LogP contribution in [0.4, 0.5) is 17.5 Å². The number of hydrogen-bond acceptors (Lipinski definition) is 6. The van der Waals surface area contributed by atoms with Crippen molar-refractivity contribution in [3.63, 3.8) is 0 Å². The zero-order valence-corrected chi connectivity index (χ0v) is 20.9. The van der Waals surface area contributed by atoms with Crippen molar-refractivity contribution < 1.29 is 12.9 Å². The summed E-state index contributed by atoms with van der Waals surface area (Å²) < 4.78 is 28.5. The number of rotatable bonds is 7. The Balaban J connectivity index is 1.56. The second kappa shape index (κ2) is 9.50. The zero-order chi connectivity index (χ0) is 23.6. The van der Waals surface area contributed by atoms with Crippen molar-refractivity contribution >= 4 is 61.6 Å². The van der Waals surface area contributed by atoms with Crippen LogP contribution in [0.1, 0.15) is 0 Å². The number of halogens is 2. The van der Waals surface area contributed by atoms with Gasteiger partial charge in [0.1, 0.15) is 5.82 Å². The second-order valence-electron chi connectivity index (χ2n) is 8.74. The number of hydrogen-bond donors (Lipinski definition) is 2. The molecule has 2 heterocycles. The van der Waals surface area contributed by atoms with E-state index in [1.807, 2.05) is 6.07 Å². The highest BCUT2D eigenvalue weighted by Gasteiger charge is 2.27. The maximum atomic E-state index is 12.5. The Morgan fingerprint density at radius 1 is 1.06 bits per heavy atom. The summed E-state index contributed by atoms with van der Waals surface area (Å²) in [7, 11) is 0.867. The van der Waals surface area contributed by atoms with Crippen LogP contribution in [-0.2, 0) is 10.0 Å². The van der Waals surface area contributed by atoms with E-state index in [-0.39, 0.29) is 12.3 Å². The molecule has 33 heavy (non-hydrogen) atoms. The molecule has 1 fully saturated rings. The number of anilines is 3. The predicted molar refractivity (Wildman–Crippen MR) is 136 cm³/mol. The molecule has 1 aliphatic heterocycles. The number of benzene rings is 2.